The summed E-state index contributed by atoms with van der Waals surface area (Å²) in [6.45, 7) is 3.45. The number of pyridine rings is 1. The minimum atomic E-state index is 0.779. The van der Waals surface area contributed by atoms with Crippen LogP contribution in [0.4, 0.5) is 0 Å². The van der Waals surface area contributed by atoms with E-state index in [1.807, 2.05) is 18.2 Å². The van der Waals surface area contributed by atoms with Crippen molar-refractivity contribution in [2.45, 2.75) is 19.4 Å². The molecular formula is C16H18N2O. The van der Waals surface area contributed by atoms with E-state index in [1.54, 1.807) is 12.4 Å². The molecule has 19 heavy (non-hydrogen) atoms. The van der Waals surface area contributed by atoms with E-state index in [0.717, 1.165) is 18.0 Å². The van der Waals surface area contributed by atoms with Gasteiger partial charge in [-0.2, -0.15) is 0 Å². The number of aromatic nitrogens is 1. The van der Waals surface area contributed by atoms with Crippen LogP contribution in [0.3, 0.4) is 0 Å². The fourth-order valence-electron chi connectivity index (χ4n) is 2.45. The van der Waals surface area contributed by atoms with Gasteiger partial charge in [-0.1, -0.05) is 12.1 Å². The molecule has 1 aliphatic rings. The van der Waals surface area contributed by atoms with Crippen LogP contribution in [0, 0.1) is 0 Å². The molecule has 0 bridgehead atoms. The number of rotatable bonds is 4. The standard InChI is InChI=1S/C16H18N2O/c1-2-10-18(9-1)13-14-5-3-6-15(11-14)19-16-7-4-8-17-12-16/h3-8,11-12H,1-2,9-10,13H2. The molecule has 0 unspecified atom stereocenters. The van der Waals surface area contributed by atoms with Crippen LogP contribution in [0.2, 0.25) is 0 Å². The van der Waals surface area contributed by atoms with Gasteiger partial charge in [0.25, 0.3) is 0 Å². The molecule has 1 aromatic heterocycles. The van der Waals surface area contributed by atoms with Crippen molar-refractivity contribution in [1.29, 1.82) is 0 Å². The highest BCUT2D eigenvalue weighted by molar-refractivity contribution is 5.32. The molecule has 1 aromatic carbocycles. The van der Waals surface area contributed by atoms with Crippen LogP contribution in [-0.2, 0) is 6.54 Å². The van der Waals surface area contributed by atoms with Gasteiger partial charge in [-0.25, -0.2) is 0 Å². The Morgan fingerprint density at radius 3 is 2.68 bits per heavy atom. The third-order valence-electron chi connectivity index (χ3n) is 3.37. The molecule has 0 N–H and O–H groups in total. The van der Waals surface area contributed by atoms with Crippen molar-refractivity contribution in [3.63, 3.8) is 0 Å². The van der Waals surface area contributed by atoms with Gasteiger partial charge >= 0.3 is 0 Å². The summed E-state index contributed by atoms with van der Waals surface area (Å²) in [5, 5.41) is 0. The van der Waals surface area contributed by atoms with Gasteiger partial charge in [0.2, 0.25) is 0 Å². The van der Waals surface area contributed by atoms with Gasteiger partial charge in [0.1, 0.15) is 11.5 Å². The van der Waals surface area contributed by atoms with Crippen LogP contribution in [0.5, 0.6) is 11.5 Å². The Morgan fingerprint density at radius 2 is 1.89 bits per heavy atom. The SMILES string of the molecule is c1cncc(Oc2cccc(CN3CCCC3)c2)c1. The van der Waals surface area contributed by atoms with E-state index in [4.69, 9.17) is 4.74 Å². The van der Waals surface area contributed by atoms with Crippen molar-refractivity contribution < 1.29 is 4.74 Å². The first-order valence-corrected chi connectivity index (χ1v) is 6.79. The first-order chi connectivity index (χ1) is 9.40. The van der Waals surface area contributed by atoms with Gasteiger partial charge in [-0.15, -0.1) is 0 Å². The second-order valence-electron chi connectivity index (χ2n) is 4.92. The van der Waals surface area contributed by atoms with E-state index in [0.29, 0.717) is 0 Å². The summed E-state index contributed by atoms with van der Waals surface area (Å²) in [4.78, 5) is 6.54. The molecule has 1 fully saturated rings. The highest BCUT2D eigenvalue weighted by atomic mass is 16.5. The first-order valence-electron chi connectivity index (χ1n) is 6.79. The lowest BCUT2D eigenvalue weighted by molar-refractivity contribution is 0.331. The maximum absolute atomic E-state index is 5.80. The predicted molar refractivity (Wildman–Crippen MR) is 75.3 cm³/mol. The number of nitrogens with zero attached hydrogens (tertiary/aromatic N) is 2. The molecule has 0 atom stereocenters. The number of hydrogen-bond donors (Lipinski definition) is 0. The summed E-state index contributed by atoms with van der Waals surface area (Å²) in [6, 6.07) is 12.1. The van der Waals surface area contributed by atoms with E-state index in [2.05, 4.69) is 28.1 Å². The molecule has 0 aliphatic carbocycles. The lowest BCUT2D eigenvalue weighted by Gasteiger charge is -2.15. The number of benzene rings is 1. The van der Waals surface area contributed by atoms with Crippen LogP contribution >= 0.6 is 0 Å². The van der Waals surface area contributed by atoms with Crippen LogP contribution < -0.4 is 4.74 Å². The topological polar surface area (TPSA) is 25.4 Å². The Hall–Kier alpha value is -1.87. The fourth-order valence-corrected chi connectivity index (χ4v) is 2.45. The molecule has 0 spiro atoms. The van der Waals surface area contributed by atoms with Crippen LogP contribution in [0.15, 0.2) is 48.8 Å². The second-order valence-corrected chi connectivity index (χ2v) is 4.92. The monoisotopic (exact) mass is 254 g/mol. The summed E-state index contributed by atoms with van der Waals surface area (Å²) in [5.41, 5.74) is 1.31. The van der Waals surface area contributed by atoms with E-state index in [9.17, 15) is 0 Å². The second kappa shape index (κ2) is 5.85. The summed E-state index contributed by atoms with van der Waals surface area (Å²) < 4.78 is 5.80. The Balaban J connectivity index is 1.69. The molecule has 3 heteroatoms. The predicted octanol–water partition coefficient (Wildman–Crippen LogP) is 3.47. The lowest BCUT2D eigenvalue weighted by Crippen LogP contribution is -2.18. The molecule has 0 radical (unpaired) electrons. The molecule has 98 valence electrons. The van der Waals surface area contributed by atoms with Crippen molar-refractivity contribution in [3.05, 3.63) is 54.4 Å². The van der Waals surface area contributed by atoms with Crippen molar-refractivity contribution in [1.82, 2.24) is 9.88 Å². The zero-order valence-electron chi connectivity index (χ0n) is 11.0. The zero-order chi connectivity index (χ0) is 12.9. The van der Waals surface area contributed by atoms with E-state index in [1.165, 1.54) is 31.5 Å². The Bertz CT molecular complexity index is 521. The minimum Gasteiger partial charge on any atom is -0.456 e. The average molecular weight is 254 g/mol. The minimum absolute atomic E-state index is 0.779. The van der Waals surface area contributed by atoms with Crippen LogP contribution in [0.1, 0.15) is 18.4 Å². The number of hydrogen-bond acceptors (Lipinski definition) is 3. The number of ether oxygens (including phenoxy) is 1. The number of likely N-dealkylation sites (tertiary alicyclic amines) is 1. The third-order valence-corrected chi connectivity index (χ3v) is 3.37. The van der Waals surface area contributed by atoms with Gasteiger partial charge in [0.05, 0.1) is 6.20 Å². The highest BCUT2D eigenvalue weighted by Gasteiger charge is 2.11. The van der Waals surface area contributed by atoms with Gasteiger partial charge in [-0.05, 0) is 55.8 Å². The first kappa shape index (κ1) is 12.2. The van der Waals surface area contributed by atoms with Crippen molar-refractivity contribution >= 4 is 0 Å². The summed E-state index contributed by atoms with van der Waals surface area (Å²) in [5.74, 6) is 1.66. The van der Waals surface area contributed by atoms with Gasteiger partial charge in [0, 0.05) is 12.7 Å². The maximum atomic E-state index is 5.80. The third kappa shape index (κ3) is 3.32. The molecule has 0 amide bonds. The molecule has 2 heterocycles. The largest absolute Gasteiger partial charge is 0.456 e. The Kier molecular flexibility index (Phi) is 3.75. The fraction of sp³-hybridized carbons (Fsp3) is 0.312. The lowest BCUT2D eigenvalue weighted by atomic mass is 10.2. The normalized spacial score (nSPS) is 15.6. The Labute approximate surface area is 113 Å². The molecule has 3 nitrogen and oxygen atoms in total. The zero-order valence-corrected chi connectivity index (χ0v) is 11.0. The molecule has 1 saturated heterocycles. The van der Waals surface area contributed by atoms with E-state index in [-0.39, 0.29) is 0 Å². The molecular weight excluding hydrogens is 236 g/mol. The Morgan fingerprint density at radius 1 is 1.05 bits per heavy atom. The highest BCUT2D eigenvalue weighted by Crippen LogP contribution is 2.22. The summed E-state index contributed by atoms with van der Waals surface area (Å²) >= 11 is 0. The molecule has 3 rings (SSSR count). The van der Waals surface area contributed by atoms with Crippen molar-refractivity contribution in [2.75, 3.05) is 13.1 Å². The van der Waals surface area contributed by atoms with Gasteiger partial charge in [-0.3, -0.25) is 9.88 Å². The summed E-state index contributed by atoms with van der Waals surface area (Å²) in [7, 11) is 0. The van der Waals surface area contributed by atoms with Crippen molar-refractivity contribution in [2.24, 2.45) is 0 Å². The van der Waals surface area contributed by atoms with Crippen LogP contribution in [0.25, 0.3) is 0 Å². The summed E-state index contributed by atoms with van der Waals surface area (Å²) in [6.07, 6.45) is 6.13. The van der Waals surface area contributed by atoms with E-state index < -0.39 is 0 Å². The van der Waals surface area contributed by atoms with E-state index >= 15 is 0 Å². The molecule has 1 aliphatic heterocycles. The van der Waals surface area contributed by atoms with Gasteiger partial charge in [0.15, 0.2) is 0 Å². The van der Waals surface area contributed by atoms with Crippen LogP contribution in [-0.4, -0.2) is 23.0 Å². The van der Waals surface area contributed by atoms with Gasteiger partial charge < -0.3 is 4.74 Å². The average Bonchev–Trinajstić information content (AvgIpc) is 2.93. The maximum Gasteiger partial charge on any atom is 0.145 e. The molecule has 2 aromatic rings. The quantitative estimate of drug-likeness (QED) is 0.835. The smallest absolute Gasteiger partial charge is 0.145 e. The van der Waals surface area contributed by atoms with Crippen molar-refractivity contribution in [3.8, 4) is 11.5 Å². The molecule has 0 saturated carbocycles.